The summed E-state index contributed by atoms with van der Waals surface area (Å²) in [5.41, 5.74) is 3.10. The number of aryl methyl sites for hydroxylation is 1. The fourth-order valence-electron chi connectivity index (χ4n) is 2.52. The SMILES string of the molecule is Cc1cc(C(=O)O)n2nc(NCc3ccc(C(C)(C)C)cc3)nc2n1. The molecule has 0 unspecified atom stereocenters. The second kappa shape index (κ2) is 6.16. The first kappa shape index (κ1) is 16.9. The molecule has 7 heteroatoms. The van der Waals surface area contributed by atoms with Crippen LogP contribution in [0, 0.1) is 6.92 Å². The predicted molar refractivity (Wildman–Crippen MR) is 94.9 cm³/mol. The van der Waals surface area contributed by atoms with Crippen molar-refractivity contribution in [1.29, 1.82) is 0 Å². The van der Waals surface area contributed by atoms with Gasteiger partial charge in [0, 0.05) is 12.2 Å². The Bertz CT molecular complexity index is 923. The number of fused-ring (bicyclic) bond motifs is 1. The summed E-state index contributed by atoms with van der Waals surface area (Å²) in [6, 6.07) is 9.82. The minimum absolute atomic E-state index is 0.0394. The number of benzene rings is 1. The molecule has 3 aromatic rings. The topological polar surface area (TPSA) is 92.4 Å². The minimum Gasteiger partial charge on any atom is -0.477 e. The highest BCUT2D eigenvalue weighted by atomic mass is 16.4. The van der Waals surface area contributed by atoms with Gasteiger partial charge >= 0.3 is 5.97 Å². The Hall–Kier alpha value is -2.96. The zero-order chi connectivity index (χ0) is 18.2. The molecule has 0 saturated heterocycles. The highest BCUT2D eigenvalue weighted by Gasteiger charge is 2.15. The second-order valence-electron chi connectivity index (χ2n) is 7.04. The summed E-state index contributed by atoms with van der Waals surface area (Å²) in [5.74, 6) is -0.451. The maximum absolute atomic E-state index is 11.3. The molecule has 2 heterocycles. The molecule has 0 aliphatic rings. The number of hydrogen-bond donors (Lipinski definition) is 2. The third-order valence-corrected chi connectivity index (χ3v) is 3.93. The van der Waals surface area contributed by atoms with Gasteiger partial charge in [-0.05, 0) is 29.5 Å². The van der Waals surface area contributed by atoms with Gasteiger partial charge in [0.25, 0.3) is 5.78 Å². The lowest BCUT2D eigenvalue weighted by Crippen LogP contribution is -2.11. The highest BCUT2D eigenvalue weighted by Crippen LogP contribution is 2.22. The minimum atomic E-state index is -1.07. The Balaban J connectivity index is 1.80. The molecule has 0 amide bonds. The van der Waals surface area contributed by atoms with Crippen molar-refractivity contribution in [2.75, 3.05) is 5.32 Å². The van der Waals surface area contributed by atoms with E-state index in [1.54, 1.807) is 6.92 Å². The summed E-state index contributed by atoms with van der Waals surface area (Å²) in [5, 5.41) is 16.6. The van der Waals surface area contributed by atoms with Gasteiger partial charge in [-0.2, -0.15) is 9.50 Å². The van der Waals surface area contributed by atoms with E-state index in [1.165, 1.54) is 16.1 Å². The van der Waals surface area contributed by atoms with Crippen LogP contribution < -0.4 is 5.32 Å². The van der Waals surface area contributed by atoms with E-state index in [0.29, 0.717) is 18.2 Å². The lowest BCUT2D eigenvalue weighted by Gasteiger charge is -2.19. The molecular weight excluding hydrogens is 318 g/mol. The van der Waals surface area contributed by atoms with Crippen LogP contribution in [0.3, 0.4) is 0 Å². The van der Waals surface area contributed by atoms with E-state index in [2.05, 4.69) is 65.4 Å². The lowest BCUT2D eigenvalue weighted by molar-refractivity contribution is 0.0687. The quantitative estimate of drug-likeness (QED) is 0.759. The zero-order valence-electron chi connectivity index (χ0n) is 14.7. The van der Waals surface area contributed by atoms with Crippen LogP contribution >= 0.6 is 0 Å². The van der Waals surface area contributed by atoms with E-state index in [-0.39, 0.29) is 16.9 Å². The molecule has 0 aliphatic carbocycles. The van der Waals surface area contributed by atoms with E-state index in [0.717, 1.165) is 5.56 Å². The first-order valence-corrected chi connectivity index (χ1v) is 8.05. The largest absolute Gasteiger partial charge is 0.477 e. The molecule has 0 atom stereocenters. The summed E-state index contributed by atoms with van der Waals surface area (Å²) >= 11 is 0. The first-order chi connectivity index (χ1) is 11.7. The van der Waals surface area contributed by atoms with Crippen molar-refractivity contribution in [2.45, 2.75) is 39.7 Å². The van der Waals surface area contributed by atoms with Crippen LogP contribution in [0.25, 0.3) is 5.78 Å². The van der Waals surface area contributed by atoms with Crippen LogP contribution in [0.4, 0.5) is 5.95 Å². The van der Waals surface area contributed by atoms with E-state index in [1.807, 2.05) is 0 Å². The molecule has 2 aromatic heterocycles. The van der Waals surface area contributed by atoms with Crippen molar-refractivity contribution in [3.63, 3.8) is 0 Å². The Kier molecular flexibility index (Phi) is 4.16. The number of carbonyl (C=O) groups is 1. The van der Waals surface area contributed by atoms with E-state index < -0.39 is 5.97 Å². The summed E-state index contributed by atoms with van der Waals surface area (Å²) in [6.45, 7) is 8.80. The average molecular weight is 339 g/mol. The third-order valence-electron chi connectivity index (χ3n) is 3.93. The first-order valence-electron chi connectivity index (χ1n) is 8.05. The number of aromatic carboxylic acids is 1. The Morgan fingerprint density at radius 2 is 1.88 bits per heavy atom. The maximum Gasteiger partial charge on any atom is 0.354 e. The summed E-state index contributed by atoms with van der Waals surface area (Å²) in [6.07, 6.45) is 0. The number of aromatic nitrogens is 4. The summed E-state index contributed by atoms with van der Waals surface area (Å²) < 4.78 is 1.24. The normalized spacial score (nSPS) is 11.7. The molecule has 0 saturated carbocycles. The van der Waals surface area contributed by atoms with Gasteiger partial charge in [0.1, 0.15) is 0 Å². The number of rotatable bonds is 4. The fourth-order valence-corrected chi connectivity index (χ4v) is 2.52. The fraction of sp³-hybridized carbons (Fsp3) is 0.333. The number of nitrogens with one attached hydrogen (secondary N) is 1. The molecular formula is C18H21N5O2. The van der Waals surface area contributed by atoms with Crippen LogP contribution in [-0.4, -0.2) is 30.7 Å². The predicted octanol–water partition coefficient (Wildman–Crippen LogP) is 3.04. The molecule has 130 valence electrons. The molecule has 0 aliphatic heterocycles. The number of carboxylic acids is 1. The summed E-state index contributed by atoms with van der Waals surface area (Å²) in [7, 11) is 0. The molecule has 0 bridgehead atoms. The van der Waals surface area contributed by atoms with Gasteiger partial charge in [0.05, 0.1) is 0 Å². The van der Waals surface area contributed by atoms with Gasteiger partial charge in [-0.15, -0.1) is 5.10 Å². The van der Waals surface area contributed by atoms with Crippen molar-refractivity contribution in [1.82, 2.24) is 19.6 Å². The van der Waals surface area contributed by atoms with Gasteiger partial charge in [-0.3, -0.25) is 0 Å². The van der Waals surface area contributed by atoms with Crippen LogP contribution in [-0.2, 0) is 12.0 Å². The maximum atomic E-state index is 11.3. The van der Waals surface area contributed by atoms with Crippen LogP contribution in [0.5, 0.6) is 0 Å². The van der Waals surface area contributed by atoms with Crippen molar-refractivity contribution in [2.24, 2.45) is 0 Å². The molecule has 2 N–H and O–H groups in total. The second-order valence-corrected chi connectivity index (χ2v) is 7.04. The van der Waals surface area contributed by atoms with Crippen molar-refractivity contribution < 1.29 is 9.90 Å². The van der Waals surface area contributed by atoms with Crippen molar-refractivity contribution in [3.05, 3.63) is 52.8 Å². The molecule has 1 aromatic carbocycles. The molecule has 25 heavy (non-hydrogen) atoms. The number of nitrogens with zero attached hydrogens (tertiary/aromatic N) is 4. The van der Waals surface area contributed by atoms with Gasteiger partial charge in [-0.1, -0.05) is 45.0 Å². The smallest absolute Gasteiger partial charge is 0.354 e. The zero-order valence-corrected chi connectivity index (χ0v) is 14.7. The lowest BCUT2D eigenvalue weighted by atomic mass is 9.87. The molecule has 0 fully saturated rings. The monoisotopic (exact) mass is 339 g/mol. The molecule has 0 radical (unpaired) electrons. The highest BCUT2D eigenvalue weighted by molar-refractivity contribution is 5.86. The van der Waals surface area contributed by atoms with Crippen molar-refractivity contribution in [3.8, 4) is 0 Å². The Morgan fingerprint density at radius 1 is 1.20 bits per heavy atom. The van der Waals surface area contributed by atoms with Gasteiger partial charge in [-0.25, -0.2) is 9.78 Å². The van der Waals surface area contributed by atoms with Crippen LogP contribution in [0.15, 0.2) is 30.3 Å². The number of anilines is 1. The molecule has 3 rings (SSSR count). The summed E-state index contributed by atoms with van der Waals surface area (Å²) in [4.78, 5) is 19.8. The Labute approximate surface area is 145 Å². The van der Waals surface area contributed by atoms with Crippen LogP contribution in [0.2, 0.25) is 0 Å². The van der Waals surface area contributed by atoms with Gasteiger partial charge < -0.3 is 10.4 Å². The Morgan fingerprint density at radius 3 is 2.48 bits per heavy atom. The van der Waals surface area contributed by atoms with Crippen LogP contribution in [0.1, 0.15) is 48.1 Å². The molecule has 7 nitrogen and oxygen atoms in total. The van der Waals surface area contributed by atoms with E-state index >= 15 is 0 Å². The van der Waals surface area contributed by atoms with Gasteiger partial charge in [0.15, 0.2) is 5.69 Å². The van der Waals surface area contributed by atoms with Crippen molar-refractivity contribution >= 4 is 17.7 Å². The standard InChI is InChI=1S/C18H21N5O2/c1-11-9-14(15(24)25)23-17(20-11)21-16(22-23)19-10-12-5-7-13(8-6-12)18(2,3)4/h5-9H,10H2,1-4H3,(H,19,22)(H,24,25). The number of hydrogen-bond acceptors (Lipinski definition) is 5. The third kappa shape index (κ3) is 3.60. The molecule has 0 spiro atoms. The average Bonchev–Trinajstić information content (AvgIpc) is 2.94. The van der Waals surface area contributed by atoms with Gasteiger partial charge in [0.2, 0.25) is 5.95 Å². The van der Waals surface area contributed by atoms with E-state index in [4.69, 9.17) is 0 Å². The van der Waals surface area contributed by atoms with E-state index in [9.17, 15) is 9.90 Å². The number of carboxylic acid groups (broad SMARTS) is 1.